The molecule has 88 valence electrons. The van der Waals surface area contributed by atoms with Crippen LogP contribution in [0.3, 0.4) is 0 Å². The Morgan fingerprint density at radius 2 is 1.94 bits per heavy atom. The third-order valence-electron chi connectivity index (χ3n) is 3.16. The number of pyridine rings is 1. The lowest BCUT2D eigenvalue weighted by atomic mass is 10.0. The topological polar surface area (TPSA) is 24.9 Å². The maximum atomic E-state index is 4.67. The van der Waals surface area contributed by atoms with E-state index in [-0.39, 0.29) is 0 Å². The van der Waals surface area contributed by atoms with Gasteiger partial charge < -0.3 is 5.32 Å². The molecule has 1 aromatic heterocycles. The van der Waals surface area contributed by atoms with Gasteiger partial charge in [0.25, 0.3) is 0 Å². The van der Waals surface area contributed by atoms with Crippen LogP contribution in [0, 0.1) is 6.92 Å². The molecular formula is C16H14N2. The highest BCUT2D eigenvalue weighted by Crippen LogP contribution is 2.27. The van der Waals surface area contributed by atoms with Gasteiger partial charge in [-0.15, -0.1) is 0 Å². The zero-order valence-corrected chi connectivity index (χ0v) is 10.3. The Morgan fingerprint density at radius 1 is 1.11 bits per heavy atom. The van der Waals surface area contributed by atoms with Crippen molar-refractivity contribution in [2.24, 2.45) is 0 Å². The zero-order chi connectivity index (χ0) is 12.5. The van der Waals surface area contributed by atoms with Crippen molar-refractivity contribution in [3.63, 3.8) is 0 Å². The molecule has 0 aliphatic carbocycles. The third kappa shape index (κ3) is 1.63. The fourth-order valence-corrected chi connectivity index (χ4v) is 2.31. The van der Waals surface area contributed by atoms with Gasteiger partial charge in [0.1, 0.15) is 5.82 Å². The Balaban J connectivity index is 2.43. The van der Waals surface area contributed by atoms with Crippen molar-refractivity contribution in [1.82, 2.24) is 4.98 Å². The average Bonchev–Trinajstić information content (AvgIpc) is 2.39. The van der Waals surface area contributed by atoms with E-state index in [1.807, 2.05) is 18.2 Å². The molecule has 1 N–H and O–H groups in total. The predicted molar refractivity (Wildman–Crippen MR) is 77.8 cm³/mol. The van der Waals surface area contributed by atoms with Crippen LogP contribution >= 0.6 is 0 Å². The molecule has 2 aromatic carbocycles. The Hall–Kier alpha value is -2.35. The number of rotatable bonds is 2. The van der Waals surface area contributed by atoms with Gasteiger partial charge in [-0.3, -0.25) is 0 Å². The molecule has 0 fully saturated rings. The predicted octanol–water partition coefficient (Wildman–Crippen LogP) is 4.25. The van der Waals surface area contributed by atoms with Gasteiger partial charge in [0.2, 0.25) is 0 Å². The van der Waals surface area contributed by atoms with Gasteiger partial charge in [0.15, 0.2) is 0 Å². The summed E-state index contributed by atoms with van der Waals surface area (Å²) in [5, 5.41) is 6.66. The SMILES string of the molecule is C=CNc1cc(C)c2ccc3ccccc3c2n1. The van der Waals surface area contributed by atoms with Gasteiger partial charge in [0.05, 0.1) is 5.52 Å². The molecule has 18 heavy (non-hydrogen) atoms. The molecule has 0 aliphatic heterocycles. The molecule has 0 unspecified atom stereocenters. The highest BCUT2D eigenvalue weighted by Gasteiger charge is 2.05. The molecule has 0 aliphatic rings. The molecule has 3 rings (SSSR count). The van der Waals surface area contributed by atoms with Crippen LogP contribution in [0.1, 0.15) is 5.56 Å². The van der Waals surface area contributed by atoms with Crippen LogP contribution in [-0.2, 0) is 0 Å². The lowest BCUT2D eigenvalue weighted by Gasteiger charge is -2.08. The molecule has 2 heteroatoms. The second-order valence-corrected chi connectivity index (χ2v) is 4.36. The minimum absolute atomic E-state index is 0.839. The summed E-state index contributed by atoms with van der Waals surface area (Å²) in [5.74, 6) is 0.839. The van der Waals surface area contributed by atoms with Gasteiger partial charge in [-0.1, -0.05) is 43.0 Å². The van der Waals surface area contributed by atoms with Crippen LogP contribution in [0.15, 0.2) is 55.2 Å². The molecule has 0 bridgehead atoms. The van der Waals surface area contributed by atoms with Crippen molar-refractivity contribution in [3.8, 4) is 0 Å². The Morgan fingerprint density at radius 3 is 2.78 bits per heavy atom. The average molecular weight is 234 g/mol. The minimum atomic E-state index is 0.839. The third-order valence-corrected chi connectivity index (χ3v) is 3.16. The van der Waals surface area contributed by atoms with Crippen LogP contribution in [-0.4, -0.2) is 4.98 Å². The van der Waals surface area contributed by atoms with Gasteiger partial charge in [-0.25, -0.2) is 4.98 Å². The molecule has 0 atom stereocenters. The normalized spacial score (nSPS) is 10.7. The van der Waals surface area contributed by atoms with E-state index in [4.69, 9.17) is 0 Å². The van der Waals surface area contributed by atoms with Gasteiger partial charge >= 0.3 is 0 Å². The van der Waals surface area contributed by atoms with Crippen LogP contribution in [0.5, 0.6) is 0 Å². The summed E-state index contributed by atoms with van der Waals surface area (Å²) in [7, 11) is 0. The molecule has 2 nitrogen and oxygen atoms in total. The molecule has 0 radical (unpaired) electrons. The molecule has 3 aromatic rings. The zero-order valence-electron chi connectivity index (χ0n) is 10.3. The van der Waals surface area contributed by atoms with Crippen LogP contribution < -0.4 is 5.32 Å². The fraction of sp³-hybridized carbons (Fsp3) is 0.0625. The van der Waals surface area contributed by atoms with E-state index in [1.165, 1.54) is 21.7 Å². The summed E-state index contributed by atoms with van der Waals surface area (Å²) in [5.41, 5.74) is 2.26. The minimum Gasteiger partial charge on any atom is -0.347 e. The van der Waals surface area contributed by atoms with Crippen LogP contribution in [0.4, 0.5) is 5.82 Å². The van der Waals surface area contributed by atoms with E-state index in [0.717, 1.165) is 11.3 Å². The standard InChI is InChI=1S/C16H14N2/c1-3-17-15-10-11(2)13-9-8-12-6-4-5-7-14(12)16(13)18-15/h3-10H,1H2,2H3,(H,17,18). The van der Waals surface area contributed by atoms with Crippen molar-refractivity contribution in [2.75, 3.05) is 5.32 Å². The summed E-state index contributed by atoms with van der Waals surface area (Å²) in [6, 6.07) is 14.6. The van der Waals surface area contributed by atoms with E-state index in [2.05, 4.69) is 48.1 Å². The molecule has 0 saturated carbocycles. The number of fused-ring (bicyclic) bond motifs is 3. The van der Waals surface area contributed by atoms with E-state index in [1.54, 1.807) is 6.20 Å². The first kappa shape index (κ1) is 10.8. The van der Waals surface area contributed by atoms with Crippen molar-refractivity contribution in [2.45, 2.75) is 6.92 Å². The van der Waals surface area contributed by atoms with Gasteiger partial charge in [-0.05, 0) is 30.1 Å². The number of nitrogens with one attached hydrogen (secondary N) is 1. The fourth-order valence-electron chi connectivity index (χ4n) is 2.31. The van der Waals surface area contributed by atoms with Gasteiger partial charge in [-0.2, -0.15) is 0 Å². The maximum Gasteiger partial charge on any atom is 0.130 e. The van der Waals surface area contributed by atoms with E-state index < -0.39 is 0 Å². The smallest absolute Gasteiger partial charge is 0.130 e. The number of hydrogen-bond acceptors (Lipinski definition) is 2. The Labute approximate surface area is 106 Å². The second kappa shape index (κ2) is 4.15. The molecule has 1 heterocycles. The monoisotopic (exact) mass is 234 g/mol. The number of aromatic nitrogens is 1. The largest absolute Gasteiger partial charge is 0.347 e. The van der Waals surface area contributed by atoms with Crippen molar-refractivity contribution in [3.05, 3.63) is 60.8 Å². The highest BCUT2D eigenvalue weighted by atomic mass is 15.0. The molecule has 0 spiro atoms. The Kier molecular flexibility index (Phi) is 2.49. The van der Waals surface area contributed by atoms with Crippen LogP contribution in [0.2, 0.25) is 0 Å². The first-order valence-electron chi connectivity index (χ1n) is 5.96. The molecule has 0 amide bonds. The number of benzene rings is 2. The summed E-state index contributed by atoms with van der Waals surface area (Å²) >= 11 is 0. The summed E-state index contributed by atoms with van der Waals surface area (Å²) in [6.45, 7) is 5.78. The summed E-state index contributed by atoms with van der Waals surface area (Å²) in [4.78, 5) is 4.67. The van der Waals surface area contributed by atoms with Gasteiger partial charge in [0, 0.05) is 10.8 Å². The first-order chi connectivity index (χ1) is 8.79. The number of aryl methyl sites for hydroxylation is 1. The maximum absolute atomic E-state index is 4.67. The number of anilines is 1. The Bertz CT molecular complexity index is 745. The lowest BCUT2D eigenvalue weighted by Crippen LogP contribution is -1.93. The van der Waals surface area contributed by atoms with Crippen molar-refractivity contribution >= 4 is 27.5 Å². The van der Waals surface area contributed by atoms with E-state index in [0.29, 0.717) is 0 Å². The summed E-state index contributed by atoms with van der Waals surface area (Å²) in [6.07, 6.45) is 1.65. The van der Waals surface area contributed by atoms with Crippen LogP contribution in [0.25, 0.3) is 21.7 Å². The van der Waals surface area contributed by atoms with E-state index >= 15 is 0 Å². The quantitative estimate of drug-likeness (QED) is 0.670. The van der Waals surface area contributed by atoms with Crippen molar-refractivity contribution < 1.29 is 0 Å². The molecular weight excluding hydrogens is 220 g/mol. The van der Waals surface area contributed by atoms with E-state index in [9.17, 15) is 0 Å². The highest BCUT2D eigenvalue weighted by molar-refractivity contribution is 6.06. The molecule has 0 saturated heterocycles. The first-order valence-corrected chi connectivity index (χ1v) is 5.96. The summed E-state index contributed by atoms with van der Waals surface area (Å²) < 4.78 is 0. The second-order valence-electron chi connectivity index (χ2n) is 4.36. The van der Waals surface area contributed by atoms with Crippen molar-refractivity contribution in [1.29, 1.82) is 0 Å². The lowest BCUT2D eigenvalue weighted by molar-refractivity contribution is 1.35. The number of hydrogen-bond donors (Lipinski definition) is 1. The number of nitrogens with zero attached hydrogens (tertiary/aromatic N) is 1.